The van der Waals surface area contributed by atoms with Gasteiger partial charge >= 0.3 is 39.5 Å². The Hall–Kier alpha value is -1.94. The van der Waals surface area contributed by atoms with Gasteiger partial charge in [0.05, 0.1) is 26.4 Å². The van der Waals surface area contributed by atoms with E-state index in [1.165, 1.54) is 135 Å². The molecule has 3 N–H and O–H groups in total. The molecule has 17 nitrogen and oxygen atoms in total. The Morgan fingerprint density at radius 2 is 0.552 bits per heavy atom. The van der Waals surface area contributed by atoms with Crippen LogP contribution in [0, 0.1) is 17.8 Å². The number of carbonyl (C=O) groups excluding carboxylic acids is 4. The molecule has 5 unspecified atom stereocenters. The summed E-state index contributed by atoms with van der Waals surface area (Å²) in [7, 11) is -9.89. The fourth-order valence-corrected chi connectivity index (χ4v) is 11.7. The van der Waals surface area contributed by atoms with Crippen molar-refractivity contribution in [2.75, 3.05) is 39.6 Å². The molecule has 0 amide bonds. The summed E-state index contributed by atoms with van der Waals surface area (Å²) in [5.41, 5.74) is 0. The topological polar surface area (TPSA) is 237 Å². The normalized spacial score (nSPS) is 15.2. The van der Waals surface area contributed by atoms with Crippen LogP contribution in [0.25, 0.3) is 0 Å². The molecule has 87 heavy (non-hydrogen) atoms. The van der Waals surface area contributed by atoms with Crippen LogP contribution in [0.5, 0.6) is 0 Å². The Balaban J connectivity index is 5.24. The number of ether oxygens (including phenoxy) is 4. The van der Waals surface area contributed by atoms with Crippen LogP contribution in [0.4, 0.5) is 0 Å². The summed E-state index contributed by atoms with van der Waals surface area (Å²) in [6, 6.07) is 0. The summed E-state index contributed by atoms with van der Waals surface area (Å²) in [5, 5.41) is 10.6. The van der Waals surface area contributed by atoms with Crippen LogP contribution in [0.2, 0.25) is 0 Å². The van der Waals surface area contributed by atoms with Gasteiger partial charge in [0.15, 0.2) is 12.2 Å². The lowest BCUT2D eigenvalue weighted by Crippen LogP contribution is -2.30. The molecule has 0 radical (unpaired) electrons. The zero-order valence-electron chi connectivity index (χ0n) is 56.5. The third-order valence-corrected chi connectivity index (χ3v) is 18.6. The first-order valence-electron chi connectivity index (χ1n) is 35.5. The van der Waals surface area contributed by atoms with Crippen molar-refractivity contribution >= 4 is 39.5 Å². The molecule has 0 aromatic carbocycles. The van der Waals surface area contributed by atoms with E-state index < -0.39 is 97.5 Å². The zero-order valence-corrected chi connectivity index (χ0v) is 58.3. The van der Waals surface area contributed by atoms with E-state index in [-0.39, 0.29) is 25.7 Å². The molecule has 516 valence electrons. The minimum Gasteiger partial charge on any atom is -0.462 e. The van der Waals surface area contributed by atoms with Crippen LogP contribution >= 0.6 is 15.6 Å². The molecule has 19 heteroatoms. The summed E-state index contributed by atoms with van der Waals surface area (Å²) in [5.74, 6) is 0.248. The van der Waals surface area contributed by atoms with Crippen molar-refractivity contribution < 1.29 is 80.2 Å². The smallest absolute Gasteiger partial charge is 0.462 e. The van der Waals surface area contributed by atoms with E-state index in [2.05, 4.69) is 48.5 Å². The minimum atomic E-state index is -4.95. The molecular formula is C68H132O17P2. The number of esters is 4. The summed E-state index contributed by atoms with van der Waals surface area (Å²) in [4.78, 5) is 72.3. The maximum absolute atomic E-state index is 13.0. The van der Waals surface area contributed by atoms with Gasteiger partial charge in [0.25, 0.3) is 0 Å². The molecule has 0 aliphatic heterocycles. The van der Waals surface area contributed by atoms with E-state index in [1.54, 1.807) is 0 Å². The quantitative estimate of drug-likeness (QED) is 0.0222. The van der Waals surface area contributed by atoms with Gasteiger partial charge in [-0.25, -0.2) is 9.13 Å². The molecule has 0 spiro atoms. The highest BCUT2D eigenvalue weighted by atomic mass is 31.2. The molecule has 0 aliphatic rings. The van der Waals surface area contributed by atoms with Crippen molar-refractivity contribution in [2.24, 2.45) is 17.8 Å². The van der Waals surface area contributed by atoms with Crippen molar-refractivity contribution in [1.29, 1.82) is 0 Å². The Bertz CT molecular complexity index is 1720. The summed E-state index contributed by atoms with van der Waals surface area (Å²) in [6.45, 7) is 11.8. The molecule has 0 saturated carbocycles. The van der Waals surface area contributed by atoms with Crippen LogP contribution in [0.15, 0.2) is 0 Å². The van der Waals surface area contributed by atoms with Crippen LogP contribution in [0.3, 0.4) is 0 Å². The van der Waals surface area contributed by atoms with Gasteiger partial charge < -0.3 is 33.8 Å². The third kappa shape index (κ3) is 58.9. The highest BCUT2D eigenvalue weighted by Crippen LogP contribution is 2.45. The third-order valence-electron chi connectivity index (χ3n) is 16.7. The lowest BCUT2D eigenvalue weighted by atomic mass is 9.99. The molecule has 0 heterocycles. The highest BCUT2D eigenvalue weighted by Gasteiger charge is 2.30. The predicted molar refractivity (Wildman–Crippen MR) is 349 cm³/mol. The second kappa shape index (κ2) is 59.1. The van der Waals surface area contributed by atoms with E-state index in [1.807, 2.05) is 0 Å². The Morgan fingerprint density at radius 3 is 0.816 bits per heavy atom. The van der Waals surface area contributed by atoms with Crippen LogP contribution < -0.4 is 0 Å². The summed E-state index contributed by atoms with van der Waals surface area (Å²) >= 11 is 0. The van der Waals surface area contributed by atoms with Crippen LogP contribution in [-0.4, -0.2) is 96.7 Å². The summed E-state index contributed by atoms with van der Waals surface area (Å²) in [6.07, 6.45) is 41.6. The number of phosphoric acid groups is 2. The Kier molecular flexibility index (Phi) is 57.8. The molecule has 0 bridgehead atoms. The average molecular weight is 1280 g/mol. The Labute approximate surface area is 530 Å². The van der Waals surface area contributed by atoms with Crippen LogP contribution in [-0.2, 0) is 65.4 Å². The number of rotatable bonds is 66. The molecule has 0 rings (SSSR count). The number of aliphatic hydroxyl groups excluding tert-OH is 1. The number of unbranched alkanes of at least 4 members (excludes halogenated alkanes) is 31. The van der Waals surface area contributed by atoms with Gasteiger partial charge in [0.2, 0.25) is 0 Å². The van der Waals surface area contributed by atoms with Crippen molar-refractivity contribution in [1.82, 2.24) is 0 Å². The van der Waals surface area contributed by atoms with Gasteiger partial charge in [-0.15, -0.1) is 0 Å². The first-order chi connectivity index (χ1) is 41.8. The lowest BCUT2D eigenvalue weighted by molar-refractivity contribution is -0.161. The maximum atomic E-state index is 13.0. The Morgan fingerprint density at radius 1 is 0.322 bits per heavy atom. The predicted octanol–water partition coefficient (Wildman–Crippen LogP) is 19.1. The van der Waals surface area contributed by atoms with Gasteiger partial charge in [0.1, 0.15) is 19.3 Å². The van der Waals surface area contributed by atoms with E-state index in [9.17, 15) is 43.2 Å². The number of aliphatic hydroxyl groups is 1. The van der Waals surface area contributed by atoms with Gasteiger partial charge in [-0.1, -0.05) is 286 Å². The largest absolute Gasteiger partial charge is 0.472 e. The zero-order chi connectivity index (χ0) is 64.5. The van der Waals surface area contributed by atoms with Gasteiger partial charge in [0, 0.05) is 25.7 Å². The second-order valence-corrected chi connectivity index (χ2v) is 28.2. The maximum Gasteiger partial charge on any atom is 0.472 e. The molecule has 0 saturated heterocycles. The molecule has 0 aromatic rings. The van der Waals surface area contributed by atoms with E-state index >= 15 is 0 Å². The van der Waals surface area contributed by atoms with Crippen molar-refractivity contribution in [2.45, 2.75) is 356 Å². The van der Waals surface area contributed by atoms with Gasteiger partial charge in [-0.2, -0.15) is 0 Å². The van der Waals surface area contributed by atoms with E-state index in [0.29, 0.717) is 25.7 Å². The van der Waals surface area contributed by atoms with Crippen molar-refractivity contribution in [3.8, 4) is 0 Å². The fraction of sp³-hybridized carbons (Fsp3) is 0.941. The van der Waals surface area contributed by atoms with Crippen molar-refractivity contribution in [3.63, 3.8) is 0 Å². The van der Waals surface area contributed by atoms with Gasteiger partial charge in [-0.05, 0) is 43.4 Å². The fourth-order valence-electron chi connectivity index (χ4n) is 10.1. The molecule has 0 fully saturated rings. The number of phosphoric ester groups is 2. The first kappa shape index (κ1) is 85.1. The van der Waals surface area contributed by atoms with E-state index in [0.717, 1.165) is 120 Å². The number of carbonyl (C=O) groups is 4. The number of hydrogen-bond donors (Lipinski definition) is 3. The van der Waals surface area contributed by atoms with Crippen molar-refractivity contribution in [3.05, 3.63) is 0 Å². The molecule has 8 atom stereocenters. The first-order valence-corrected chi connectivity index (χ1v) is 38.5. The summed E-state index contributed by atoms with van der Waals surface area (Å²) < 4.78 is 68.1. The number of hydrogen-bond acceptors (Lipinski definition) is 15. The highest BCUT2D eigenvalue weighted by molar-refractivity contribution is 7.47. The molecule has 0 aliphatic carbocycles. The average Bonchev–Trinajstić information content (AvgIpc) is 3.70. The molecule has 0 aromatic heterocycles. The minimum absolute atomic E-state index is 0.104. The van der Waals surface area contributed by atoms with Crippen LogP contribution in [0.1, 0.15) is 337 Å². The molecular weight excluding hydrogens is 1150 g/mol. The van der Waals surface area contributed by atoms with E-state index in [4.69, 9.17) is 37.0 Å². The SMILES string of the molecule is CCCCCCCCCC(=O)OC[C@H](COP(=O)(O)OC[C@H](O)COP(=O)(O)OC[C@@H](COC(=O)CCCCCCCCCCCCC(C)CC)OC(=O)CCCCCCCCCCCCC(C)CC)OC(=O)CCCCCCCCCCC(C)CC. The lowest BCUT2D eigenvalue weighted by Gasteiger charge is -2.21. The van der Waals surface area contributed by atoms with Gasteiger partial charge in [-0.3, -0.25) is 37.3 Å². The second-order valence-electron chi connectivity index (χ2n) is 25.3. The monoisotopic (exact) mass is 1280 g/mol. The standard InChI is InChI=1S/C68H132O17P2/c1-8-12-13-14-25-35-42-49-65(70)78-55-63(85-68(73)52-45-38-31-24-23-28-34-41-48-61(7)11-4)57-82-86(74,75)80-53-62(69)54-81-87(76,77)83-58-64(84-67(72)51-44-37-30-22-18-16-20-27-33-40-47-60(6)10-3)56-79-66(71)50-43-36-29-21-17-15-19-26-32-39-46-59(5)9-2/h59-64,69H,8-58H2,1-7H3,(H,74,75)(H,76,77)/t59?,60?,61?,62-,63+,64+/m0/s1.